The third-order valence-corrected chi connectivity index (χ3v) is 4.87. The molecule has 2 unspecified atom stereocenters. The molecule has 0 spiro atoms. The van der Waals surface area contributed by atoms with Crippen LogP contribution in [0, 0.1) is 0 Å². The van der Waals surface area contributed by atoms with Gasteiger partial charge in [0.25, 0.3) is 0 Å². The number of rotatable bonds is 15. The molecule has 144 valence electrons. The highest BCUT2D eigenvalue weighted by Gasteiger charge is 2.35. The molecule has 1 rings (SSSR count). The first-order chi connectivity index (χ1) is 12.2. The van der Waals surface area contributed by atoms with Crippen LogP contribution in [0.25, 0.3) is 0 Å². The van der Waals surface area contributed by atoms with E-state index in [9.17, 15) is 4.79 Å². The number of hydrogen-bond acceptors (Lipinski definition) is 3. The smallest absolute Gasteiger partial charge is 0.305 e. The molecule has 25 heavy (non-hydrogen) atoms. The summed E-state index contributed by atoms with van der Waals surface area (Å²) in [5.41, 5.74) is 1.46. The number of epoxide rings is 1. The average Bonchev–Trinajstić information content (AvgIpc) is 3.38. The molecule has 0 aromatic heterocycles. The second-order valence-corrected chi connectivity index (χ2v) is 7.15. The summed E-state index contributed by atoms with van der Waals surface area (Å²) in [6.07, 6.45) is 21.6. The molecule has 0 bridgehead atoms. The van der Waals surface area contributed by atoms with Crippen molar-refractivity contribution in [3.63, 3.8) is 0 Å². The van der Waals surface area contributed by atoms with Gasteiger partial charge in [0.1, 0.15) is 0 Å². The standard InChI is InChI=1S/C22H38O3/c1-4-20-21(25-20)17-12-10-8-6-5-7-9-11-15-19(2)16-13-14-18-22(23)24-3/h10,12,16,20-21H,4-9,11,13-15,17-18H2,1-3H3. The van der Waals surface area contributed by atoms with Gasteiger partial charge in [0.15, 0.2) is 0 Å². The predicted octanol–water partition coefficient (Wildman–Crippen LogP) is 6.13. The minimum absolute atomic E-state index is 0.105. The molecule has 1 saturated heterocycles. The molecule has 0 aromatic carbocycles. The highest BCUT2D eigenvalue weighted by molar-refractivity contribution is 5.69. The largest absolute Gasteiger partial charge is 0.469 e. The zero-order chi connectivity index (χ0) is 18.3. The highest BCUT2D eigenvalue weighted by atomic mass is 16.6. The van der Waals surface area contributed by atoms with Crippen molar-refractivity contribution in [2.75, 3.05) is 7.11 Å². The van der Waals surface area contributed by atoms with Crippen LogP contribution in [0.15, 0.2) is 23.8 Å². The molecule has 2 atom stereocenters. The monoisotopic (exact) mass is 350 g/mol. The Kier molecular flexibility index (Phi) is 12.4. The molecule has 1 aliphatic rings. The molecule has 0 aromatic rings. The van der Waals surface area contributed by atoms with Crippen LogP contribution in [0.3, 0.4) is 0 Å². The summed E-state index contributed by atoms with van der Waals surface area (Å²) in [6, 6.07) is 0. The van der Waals surface area contributed by atoms with E-state index in [4.69, 9.17) is 4.74 Å². The van der Waals surface area contributed by atoms with Gasteiger partial charge in [-0.2, -0.15) is 0 Å². The number of carbonyl (C=O) groups is 1. The van der Waals surface area contributed by atoms with E-state index in [0.29, 0.717) is 18.6 Å². The number of hydrogen-bond donors (Lipinski definition) is 0. The highest BCUT2D eigenvalue weighted by Crippen LogP contribution is 2.28. The van der Waals surface area contributed by atoms with E-state index in [1.165, 1.54) is 57.6 Å². The van der Waals surface area contributed by atoms with Crippen LogP contribution in [-0.4, -0.2) is 25.3 Å². The van der Waals surface area contributed by atoms with Crippen molar-refractivity contribution in [1.82, 2.24) is 0 Å². The second kappa shape index (κ2) is 14.1. The van der Waals surface area contributed by atoms with Crippen LogP contribution in [0.2, 0.25) is 0 Å². The lowest BCUT2D eigenvalue weighted by molar-refractivity contribution is -0.140. The fraction of sp³-hybridized carbons (Fsp3) is 0.773. The van der Waals surface area contributed by atoms with Gasteiger partial charge in [0.05, 0.1) is 19.3 Å². The molecule has 3 heteroatoms. The van der Waals surface area contributed by atoms with Crippen LogP contribution in [0.5, 0.6) is 0 Å². The van der Waals surface area contributed by atoms with Crippen molar-refractivity contribution in [2.45, 2.75) is 103 Å². The minimum atomic E-state index is -0.105. The second-order valence-electron chi connectivity index (χ2n) is 7.15. The van der Waals surface area contributed by atoms with Gasteiger partial charge >= 0.3 is 5.97 Å². The molecular weight excluding hydrogens is 312 g/mol. The van der Waals surface area contributed by atoms with E-state index in [-0.39, 0.29) is 5.97 Å². The average molecular weight is 351 g/mol. The van der Waals surface area contributed by atoms with E-state index in [1.54, 1.807) is 0 Å². The Labute approximate surface area is 154 Å². The van der Waals surface area contributed by atoms with Gasteiger partial charge in [-0.25, -0.2) is 0 Å². The normalized spacial score (nSPS) is 20.2. The number of unbranched alkanes of at least 4 members (excludes halogenated alkanes) is 6. The Morgan fingerprint density at radius 3 is 2.44 bits per heavy atom. The maximum absolute atomic E-state index is 11.0. The number of methoxy groups -OCH3 is 1. The van der Waals surface area contributed by atoms with Crippen LogP contribution in [0.4, 0.5) is 0 Å². The van der Waals surface area contributed by atoms with Gasteiger partial charge in [-0.15, -0.1) is 0 Å². The Morgan fingerprint density at radius 1 is 0.960 bits per heavy atom. The third-order valence-electron chi connectivity index (χ3n) is 4.87. The topological polar surface area (TPSA) is 38.8 Å². The lowest BCUT2D eigenvalue weighted by atomic mass is 10.0. The first kappa shape index (κ1) is 22.0. The van der Waals surface area contributed by atoms with Gasteiger partial charge in [-0.3, -0.25) is 4.79 Å². The summed E-state index contributed by atoms with van der Waals surface area (Å²) in [6.45, 7) is 4.40. The van der Waals surface area contributed by atoms with Crippen molar-refractivity contribution in [3.8, 4) is 0 Å². The van der Waals surface area contributed by atoms with Crippen molar-refractivity contribution in [2.24, 2.45) is 0 Å². The number of allylic oxidation sites excluding steroid dienone is 3. The van der Waals surface area contributed by atoms with Crippen LogP contribution >= 0.6 is 0 Å². The van der Waals surface area contributed by atoms with Crippen molar-refractivity contribution >= 4 is 5.97 Å². The lowest BCUT2D eigenvalue weighted by Gasteiger charge is -2.03. The van der Waals surface area contributed by atoms with Gasteiger partial charge in [0, 0.05) is 6.42 Å². The number of ether oxygens (including phenoxy) is 2. The Balaban J connectivity index is 1.84. The van der Waals surface area contributed by atoms with Crippen LogP contribution in [0.1, 0.15) is 90.9 Å². The summed E-state index contributed by atoms with van der Waals surface area (Å²) in [5.74, 6) is -0.105. The lowest BCUT2D eigenvalue weighted by Crippen LogP contribution is -1.98. The fourth-order valence-corrected chi connectivity index (χ4v) is 3.09. The number of carbonyl (C=O) groups excluding carboxylic acids is 1. The first-order valence-corrected chi connectivity index (χ1v) is 10.2. The maximum atomic E-state index is 11.0. The Morgan fingerprint density at radius 2 is 1.72 bits per heavy atom. The summed E-state index contributed by atoms with van der Waals surface area (Å²) in [7, 11) is 1.45. The van der Waals surface area contributed by atoms with E-state index in [0.717, 1.165) is 25.7 Å². The SMILES string of the molecule is CCC1OC1CC=CCCCCCCCC(C)=CCCCC(=O)OC. The Hall–Kier alpha value is -1.09. The van der Waals surface area contributed by atoms with Gasteiger partial charge < -0.3 is 9.47 Å². The molecule has 1 aliphatic heterocycles. The maximum Gasteiger partial charge on any atom is 0.305 e. The van der Waals surface area contributed by atoms with E-state index in [1.807, 2.05) is 0 Å². The molecule has 0 amide bonds. The van der Waals surface area contributed by atoms with Crippen LogP contribution in [-0.2, 0) is 14.3 Å². The predicted molar refractivity (Wildman–Crippen MR) is 105 cm³/mol. The Bertz CT molecular complexity index is 411. The van der Waals surface area contributed by atoms with E-state index < -0.39 is 0 Å². The van der Waals surface area contributed by atoms with Gasteiger partial charge in [0.2, 0.25) is 0 Å². The summed E-state index contributed by atoms with van der Waals surface area (Å²) in [5, 5.41) is 0. The fourth-order valence-electron chi connectivity index (χ4n) is 3.09. The molecule has 0 saturated carbocycles. The summed E-state index contributed by atoms with van der Waals surface area (Å²) >= 11 is 0. The molecular formula is C22H38O3. The number of esters is 1. The van der Waals surface area contributed by atoms with Crippen molar-refractivity contribution in [3.05, 3.63) is 23.8 Å². The molecule has 3 nitrogen and oxygen atoms in total. The molecule has 0 aliphatic carbocycles. The van der Waals surface area contributed by atoms with E-state index >= 15 is 0 Å². The summed E-state index contributed by atoms with van der Waals surface area (Å²) in [4.78, 5) is 11.0. The molecule has 1 heterocycles. The third kappa shape index (κ3) is 12.0. The molecule has 0 radical (unpaired) electrons. The van der Waals surface area contributed by atoms with Gasteiger partial charge in [-0.05, 0) is 58.3 Å². The minimum Gasteiger partial charge on any atom is -0.469 e. The summed E-state index contributed by atoms with van der Waals surface area (Å²) < 4.78 is 10.2. The molecule has 1 fully saturated rings. The zero-order valence-corrected chi connectivity index (χ0v) is 16.6. The van der Waals surface area contributed by atoms with Gasteiger partial charge in [-0.1, -0.05) is 50.0 Å². The quantitative estimate of drug-likeness (QED) is 0.154. The first-order valence-electron chi connectivity index (χ1n) is 10.2. The zero-order valence-electron chi connectivity index (χ0n) is 16.6. The van der Waals surface area contributed by atoms with Crippen LogP contribution < -0.4 is 0 Å². The van der Waals surface area contributed by atoms with Crippen molar-refractivity contribution in [1.29, 1.82) is 0 Å². The van der Waals surface area contributed by atoms with E-state index in [2.05, 4.69) is 36.8 Å². The van der Waals surface area contributed by atoms with Crippen molar-refractivity contribution < 1.29 is 14.3 Å². The molecule has 0 N–H and O–H groups in total.